The summed E-state index contributed by atoms with van der Waals surface area (Å²) in [5.41, 5.74) is 2.42. The monoisotopic (exact) mass is 413 g/mol. The molecule has 8 nitrogen and oxygen atoms in total. The van der Waals surface area contributed by atoms with Crippen LogP contribution < -0.4 is 5.32 Å². The highest BCUT2D eigenvalue weighted by Crippen LogP contribution is 2.40. The standard InChI is InChI=1S/C20H23N5O3S/c1-2-3-4-12-29-20-22-19-21-15-6-5-7-16(26)17(15)18(24(19)23-20)13-8-10-14(11-9-13)25(27)28/h8-11,18H,2-7,12H2,1H3,(H,21,22,23)/t18-/m1/s1. The lowest BCUT2D eigenvalue weighted by molar-refractivity contribution is -0.384. The number of nitrogens with one attached hydrogen (secondary N) is 1. The van der Waals surface area contributed by atoms with Crippen molar-refractivity contribution in [3.8, 4) is 0 Å². The van der Waals surface area contributed by atoms with Gasteiger partial charge in [0.25, 0.3) is 5.69 Å². The molecule has 1 atom stereocenters. The van der Waals surface area contributed by atoms with Crippen molar-refractivity contribution in [3.63, 3.8) is 0 Å². The van der Waals surface area contributed by atoms with Crippen molar-refractivity contribution in [1.29, 1.82) is 0 Å². The normalized spacial score (nSPS) is 18.2. The van der Waals surface area contributed by atoms with Crippen LogP contribution >= 0.6 is 11.8 Å². The highest BCUT2D eigenvalue weighted by Gasteiger charge is 2.36. The van der Waals surface area contributed by atoms with Crippen LogP contribution in [0.1, 0.15) is 57.1 Å². The maximum absolute atomic E-state index is 12.8. The van der Waals surface area contributed by atoms with Gasteiger partial charge in [-0.15, -0.1) is 5.10 Å². The molecule has 0 fully saturated rings. The van der Waals surface area contributed by atoms with Crippen molar-refractivity contribution >= 4 is 29.2 Å². The number of nitro benzene ring substituents is 1. The number of thioether (sulfide) groups is 1. The summed E-state index contributed by atoms with van der Waals surface area (Å²) >= 11 is 1.62. The predicted molar refractivity (Wildman–Crippen MR) is 111 cm³/mol. The number of carbonyl (C=O) groups excluding carboxylic acids is 1. The maximum atomic E-state index is 12.8. The molecule has 152 valence electrons. The van der Waals surface area contributed by atoms with Gasteiger partial charge in [-0.1, -0.05) is 31.5 Å². The zero-order valence-corrected chi connectivity index (χ0v) is 17.1. The average Bonchev–Trinajstić information content (AvgIpc) is 3.12. The Bertz CT molecular complexity index is 967. The van der Waals surface area contributed by atoms with E-state index in [1.165, 1.54) is 18.6 Å². The van der Waals surface area contributed by atoms with Gasteiger partial charge in [-0.25, -0.2) is 4.68 Å². The number of hydrogen-bond acceptors (Lipinski definition) is 7. The first-order valence-corrected chi connectivity index (χ1v) is 10.9. The molecule has 2 aromatic rings. The molecule has 1 aliphatic carbocycles. The van der Waals surface area contributed by atoms with Gasteiger partial charge in [0.15, 0.2) is 5.78 Å². The molecule has 1 aromatic carbocycles. The largest absolute Gasteiger partial charge is 0.328 e. The van der Waals surface area contributed by atoms with Gasteiger partial charge >= 0.3 is 0 Å². The number of allylic oxidation sites excluding steroid dienone is 2. The quantitative estimate of drug-likeness (QED) is 0.309. The molecule has 1 aliphatic heterocycles. The first kappa shape index (κ1) is 19.6. The Hall–Kier alpha value is -2.68. The molecule has 0 saturated heterocycles. The number of hydrogen-bond donors (Lipinski definition) is 1. The third-order valence-corrected chi connectivity index (χ3v) is 6.17. The lowest BCUT2D eigenvalue weighted by atomic mass is 9.85. The van der Waals surface area contributed by atoms with Crippen LogP contribution in [0.2, 0.25) is 0 Å². The number of fused-ring (bicyclic) bond motifs is 1. The number of rotatable bonds is 7. The molecule has 29 heavy (non-hydrogen) atoms. The number of Topliss-reactive ketones (excluding diaryl/α,β-unsaturated/α-hetero) is 1. The molecule has 4 rings (SSSR count). The highest BCUT2D eigenvalue weighted by atomic mass is 32.2. The van der Waals surface area contributed by atoms with Gasteiger partial charge in [-0.3, -0.25) is 14.9 Å². The summed E-state index contributed by atoms with van der Waals surface area (Å²) < 4.78 is 1.76. The summed E-state index contributed by atoms with van der Waals surface area (Å²) in [4.78, 5) is 28.0. The van der Waals surface area contributed by atoms with E-state index in [0.717, 1.165) is 42.7 Å². The van der Waals surface area contributed by atoms with Crippen LogP contribution in [0.15, 0.2) is 40.7 Å². The van der Waals surface area contributed by atoms with Gasteiger partial charge in [-0.05, 0) is 37.0 Å². The van der Waals surface area contributed by atoms with Crippen molar-refractivity contribution in [2.75, 3.05) is 11.1 Å². The number of anilines is 1. The Morgan fingerprint density at radius 3 is 2.79 bits per heavy atom. The summed E-state index contributed by atoms with van der Waals surface area (Å²) in [5.74, 6) is 1.67. The van der Waals surface area contributed by atoms with Crippen LogP contribution in [0.5, 0.6) is 0 Å². The second-order valence-corrected chi connectivity index (χ2v) is 8.33. The van der Waals surface area contributed by atoms with Crippen molar-refractivity contribution in [1.82, 2.24) is 14.8 Å². The van der Waals surface area contributed by atoms with Crippen LogP contribution in [0.4, 0.5) is 11.6 Å². The highest BCUT2D eigenvalue weighted by molar-refractivity contribution is 7.99. The number of unbranched alkanes of at least 4 members (excludes halogenated alkanes) is 2. The number of nitrogens with zero attached hydrogens (tertiary/aromatic N) is 4. The fraction of sp³-hybridized carbons (Fsp3) is 0.450. The van der Waals surface area contributed by atoms with Crippen LogP contribution in [0.3, 0.4) is 0 Å². The molecule has 0 radical (unpaired) electrons. The summed E-state index contributed by atoms with van der Waals surface area (Å²) in [6.07, 6.45) is 5.55. The Morgan fingerprint density at radius 2 is 2.07 bits per heavy atom. The number of benzene rings is 1. The minimum Gasteiger partial charge on any atom is -0.328 e. The van der Waals surface area contributed by atoms with Gasteiger partial charge in [0.05, 0.1) is 4.92 Å². The van der Waals surface area contributed by atoms with Crippen LogP contribution in [-0.4, -0.2) is 31.2 Å². The first-order chi connectivity index (χ1) is 14.1. The van der Waals surface area contributed by atoms with Crippen LogP contribution in [0, 0.1) is 10.1 Å². The Kier molecular flexibility index (Phi) is 5.66. The predicted octanol–water partition coefficient (Wildman–Crippen LogP) is 4.49. The summed E-state index contributed by atoms with van der Waals surface area (Å²) in [6, 6.07) is 5.96. The summed E-state index contributed by atoms with van der Waals surface area (Å²) in [5, 5.41) is 19.7. The van der Waals surface area contributed by atoms with E-state index in [9.17, 15) is 14.9 Å². The molecule has 0 spiro atoms. The summed E-state index contributed by atoms with van der Waals surface area (Å²) in [7, 11) is 0. The number of carbonyl (C=O) groups is 1. The molecule has 2 aliphatic rings. The third-order valence-electron chi connectivity index (χ3n) is 5.25. The van der Waals surface area contributed by atoms with Crippen molar-refractivity contribution in [2.45, 2.75) is 56.6 Å². The smallest absolute Gasteiger partial charge is 0.269 e. The lowest BCUT2D eigenvalue weighted by Crippen LogP contribution is -2.31. The zero-order valence-electron chi connectivity index (χ0n) is 16.3. The van der Waals surface area contributed by atoms with Gasteiger partial charge in [-0.2, -0.15) is 4.98 Å². The van der Waals surface area contributed by atoms with Crippen molar-refractivity contribution in [2.24, 2.45) is 0 Å². The maximum Gasteiger partial charge on any atom is 0.269 e. The van der Waals surface area contributed by atoms with Gasteiger partial charge in [0.1, 0.15) is 6.04 Å². The number of non-ortho nitro benzene ring substituents is 1. The molecule has 1 N–H and O–H groups in total. The van der Waals surface area contributed by atoms with E-state index in [-0.39, 0.29) is 11.5 Å². The lowest BCUT2D eigenvalue weighted by Gasteiger charge is -2.32. The minimum absolute atomic E-state index is 0.0258. The fourth-order valence-electron chi connectivity index (χ4n) is 3.80. The molecule has 0 saturated carbocycles. The second-order valence-electron chi connectivity index (χ2n) is 7.26. The van der Waals surface area contributed by atoms with Crippen LogP contribution in [-0.2, 0) is 4.79 Å². The Labute approximate surface area is 172 Å². The van der Waals surface area contributed by atoms with E-state index < -0.39 is 11.0 Å². The first-order valence-electron chi connectivity index (χ1n) is 9.95. The zero-order chi connectivity index (χ0) is 20.4. The topological polar surface area (TPSA) is 103 Å². The molecule has 1 aromatic heterocycles. The van der Waals surface area contributed by atoms with E-state index in [1.807, 2.05) is 0 Å². The number of ketones is 1. The van der Waals surface area contributed by atoms with E-state index in [4.69, 9.17) is 0 Å². The Balaban J connectivity index is 1.70. The summed E-state index contributed by atoms with van der Waals surface area (Å²) in [6.45, 7) is 2.17. The fourth-order valence-corrected chi connectivity index (χ4v) is 4.63. The second kappa shape index (κ2) is 8.36. The molecular weight excluding hydrogens is 390 g/mol. The van der Waals surface area contributed by atoms with E-state index >= 15 is 0 Å². The van der Waals surface area contributed by atoms with E-state index in [0.29, 0.717) is 23.1 Å². The third kappa shape index (κ3) is 3.91. The van der Waals surface area contributed by atoms with Crippen molar-refractivity contribution in [3.05, 3.63) is 51.2 Å². The van der Waals surface area contributed by atoms with E-state index in [1.54, 1.807) is 28.6 Å². The average molecular weight is 414 g/mol. The Morgan fingerprint density at radius 1 is 1.28 bits per heavy atom. The molecule has 2 heterocycles. The van der Waals surface area contributed by atoms with Crippen molar-refractivity contribution < 1.29 is 9.72 Å². The minimum atomic E-state index is -0.422. The van der Waals surface area contributed by atoms with E-state index in [2.05, 4.69) is 22.3 Å². The van der Waals surface area contributed by atoms with Crippen LogP contribution in [0.25, 0.3) is 0 Å². The molecule has 0 unspecified atom stereocenters. The number of nitro groups is 1. The molecule has 0 bridgehead atoms. The molecule has 9 heteroatoms. The molecule has 0 amide bonds. The van der Waals surface area contributed by atoms with Gasteiger partial charge < -0.3 is 5.32 Å². The number of aromatic nitrogens is 3. The molecular formula is C20H23N5O3S. The SMILES string of the molecule is CCCCCSc1nc2n(n1)[C@H](c1ccc([N+](=O)[O-])cc1)C1=C(CCCC1=O)N2. The van der Waals surface area contributed by atoms with Gasteiger partial charge in [0.2, 0.25) is 11.1 Å². The van der Waals surface area contributed by atoms with Gasteiger partial charge in [0, 0.05) is 35.6 Å².